The van der Waals surface area contributed by atoms with E-state index < -0.39 is 0 Å². The minimum Gasteiger partial charge on any atom is -0.487 e. The van der Waals surface area contributed by atoms with Gasteiger partial charge in [0.15, 0.2) is 0 Å². The van der Waals surface area contributed by atoms with Gasteiger partial charge < -0.3 is 19.3 Å². The van der Waals surface area contributed by atoms with Crippen LogP contribution >= 0.6 is 0 Å². The molecular formula is C15H16N2O4. The number of fused-ring (bicyclic) bond motifs is 1. The normalized spacial score (nSPS) is 13.6. The van der Waals surface area contributed by atoms with Crippen LogP contribution in [0.1, 0.15) is 27.4 Å². The van der Waals surface area contributed by atoms with Gasteiger partial charge in [0.2, 0.25) is 0 Å². The first-order valence-corrected chi connectivity index (χ1v) is 6.77. The van der Waals surface area contributed by atoms with Gasteiger partial charge in [-0.1, -0.05) is 11.2 Å². The van der Waals surface area contributed by atoms with E-state index in [1.54, 1.807) is 31.3 Å². The molecule has 1 N–H and O–H groups in total. The predicted molar refractivity (Wildman–Crippen MR) is 74.0 cm³/mol. The van der Waals surface area contributed by atoms with Gasteiger partial charge in [0.25, 0.3) is 5.91 Å². The lowest BCUT2D eigenvalue weighted by atomic mass is 10.1. The monoisotopic (exact) mass is 288 g/mol. The average molecular weight is 288 g/mol. The van der Waals surface area contributed by atoms with Crippen LogP contribution in [0.5, 0.6) is 5.75 Å². The van der Waals surface area contributed by atoms with Gasteiger partial charge >= 0.3 is 0 Å². The maximum Gasteiger partial charge on any atom is 0.251 e. The van der Waals surface area contributed by atoms with E-state index in [1.807, 2.05) is 0 Å². The summed E-state index contributed by atoms with van der Waals surface area (Å²) < 4.78 is 16.4. The Morgan fingerprint density at radius 2 is 2.38 bits per heavy atom. The summed E-state index contributed by atoms with van der Waals surface area (Å²) in [4.78, 5) is 11.6. The number of carbonyl (C=O) groups is 1. The van der Waals surface area contributed by atoms with Gasteiger partial charge in [0, 0.05) is 24.6 Å². The number of aromatic nitrogens is 1. The standard InChI is InChI=1S/C15H16N2O4/c1-16-15(18)10-3-2-4-11(7-10)20-9-13-12-8-19-6-5-14(12)21-17-13/h2-4,7H,5-6,8-9H2,1H3,(H,16,18). The fourth-order valence-electron chi connectivity index (χ4n) is 2.22. The summed E-state index contributed by atoms with van der Waals surface area (Å²) in [6.45, 7) is 1.46. The molecular weight excluding hydrogens is 272 g/mol. The van der Waals surface area contributed by atoms with Crippen molar-refractivity contribution in [2.75, 3.05) is 13.7 Å². The molecule has 6 heteroatoms. The van der Waals surface area contributed by atoms with Crippen LogP contribution < -0.4 is 10.1 Å². The summed E-state index contributed by atoms with van der Waals surface area (Å²) in [6, 6.07) is 7.01. The molecule has 0 atom stereocenters. The minimum atomic E-state index is -0.146. The van der Waals surface area contributed by atoms with Crippen LogP contribution in [0, 0.1) is 0 Å². The van der Waals surface area contributed by atoms with Crippen molar-refractivity contribution < 1.29 is 18.8 Å². The van der Waals surface area contributed by atoms with Crippen LogP contribution in [0.4, 0.5) is 0 Å². The third-order valence-corrected chi connectivity index (χ3v) is 3.37. The number of carbonyl (C=O) groups excluding carboxylic acids is 1. The Hall–Kier alpha value is -2.34. The molecule has 2 aromatic rings. The molecule has 0 radical (unpaired) electrons. The molecule has 0 bridgehead atoms. The first kappa shape index (κ1) is 13.6. The number of amides is 1. The van der Waals surface area contributed by atoms with Gasteiger partial charge in [-0.3, -0.25) is 4.79 Å². The number of hydrogen-bond acceptors (Lipinski definition) is 5. The van der Waals surface area contributed by atoms with E-state index in [1.165, 1.54) is 0 Å². The van der Waals surface area contributed by atoms with E-state index in [9.17, 15) is 4.79 Å². The SMILES string of the molecule is CNC(=O)c1cccc(OCc2noc3c2COCC3)c1. The molecule has 0 spiro atoms. The van der Waals surface area contributed by atoms with Gasteiger partial charge in [-0.25, -0.2) is 0 Å². The Balaban J connectivity index is 1.70. The maximum absolute atomic E-state index is 11.6. The molecule has 2 heterocycles. The summed E-state index contributed by atoms with van der Waals surface area (Å²) in [7, 11) is 1.59. The highest BCUT2D eigenvalue weighted by atomic mass is 16.5. The third-order valence-electron chi connectivity index (χ3n) is 3.37. The van der Waals surface area contributed by atoms with Crippen molar-refractivity contribution in [2.24, 2.45) is 0 Å². The van der Waals surface area contributed by atoms with E-state index in [4.69, 9.17) is 14.0 Å². The zero-order chi connectivity index (χ0) is 14.7. The first-order chi connectivity index (χ1) is 10.3. The van der Waals surface area contributed by atoms with E-state index in [0.29, 0.717) is 31.1 Å². The first-order valence-electron chi connectivity index (χ1n) is 6.77. The average Bonchev–Trinajstić information content (AvgIpc) is 2.95. The molecule has 3 rings (SSSR count). The topological polar surface area (TPSA) is 73.6 Å². The zero-order valence-electron chi connectivity index (χ0n) is 11.7. The van der Waals surface area contributed by atoms with Crippen molar-refractivity contribution in [3.8, 4) is 5.75 Å². The predicted octanol–water partition coefficient (Wildman–Crippen LogP) is 1.69. The molecule has 0 aliphatic carbocycles. The Bertz CT molecular complexity index is 651. The van der Waals surface area contributed by atoms with Gasteiger partial charge in [-0.05, 0) is 18.2 Å². The second-order valence-corrected chi connectivity index (χ2v) is 4.73. The highest BCUT2D eigenvalue weighted by Crippen LogP contribution is 2.22. The summed E-state index contributed by atoms with van der Waals surface area (Å²) in [5, 5.41) is 6.61. The van der Waals surface area contributed by atoms with Gasteiger partial charge in [0.05, 0.1) is 13.2 Å². The number of rotatable bonds is 4. The Kier molecular flexibility index (Phi) is 3.87. The van der Waals surface area contributed by atoms with Crippen LogP contribution in [0.3, 0.4) is 0 Å². The molecule has 1 aliphatic heterocycles. The smallest absolute Gasteiger partial charge is 0.251 e. The molecule has 1 aliphatic rings. The van der Waals surface area contributed by atoms with Crippen molar-refractivity contribution in [1.82, 2.24) is 10.5 Å². The molecule has 0 fully saturated rings. The lowest BCUT2D eigenvalue weighted by Crippen LogP contribution is -2.17. The number of benzene rings is 1. The molecule has 0 saturated carbocycles. The molecule has 21 heavy (non-hydrogen) atoms. The van der Waals surface area contributed by atoms with Gasteiger partial charge in [-0.2, -0.15) is 0 Å². The molecule has 1 aromatic heterocycles. The minimum absolute atomic E-state index is 0.146. The fraction of sp³-hybridized carbons (Fsp3) is 0.333. The second-order valence-electron chi connectivity index (χ2n) is 4.73. The van der Waals surface area contributed by atoms with Crippen molar-refractivity contribution in [3.63, 3.8) is 0 Å². The van der Waals surface area contributed by atoms with E-state index in [-0.39, 0.29) is 5.91 Å². The fourth-order valence-corrected chi connectivity index (χ4v) is 2.22. The highest BCUT2D eigenvalue weighted by molar-refractivity contribution is 5.94. The van der Waals surface area contributed by atoms with Crippen LogP contribution in [0.2, 0.25) is 0 Å². The van der Waals surface area contributed by atoms with E-state index >= 15 is 0 Å². The van der Waals surface area contributed by atoms with Gasteiger partial charge in [0.1, 0.15) is 23.8 Å². The van der Waals surface area contributed by atoms with Crippen LogP contribution in [-0.4, -0.2) is 24.7 Å². The third kappa shape index (κ3) is 2.90. The second kappa shape index (κ2) is 5.97. The lowest BCUT2D eigenvalue weighted by Gasteiger charge is -2.11. The zero-order valence-corrected chi connectivity index (χ0v) is 11.7. The number of hydrogen-bond donors (Lipinski definition) is 1. The molecule has 6 nitrogen and oxygen atoms in total. The molecule has 1 aromatic carbocycles. The Morgan fingerprint density at radius 3 is 3.24 bits per heavy atom. The van der Waals surface area contributed by atoms with Crippen molar-refractivity contribution >= 4 is 5.91 Å². The Morgan fingerprint density at radius 1 is 1.48 bits per heavy atom. The van der Waals surface area contributed by atoms with Crippen LogP contribution in [-0.2, 0) is 24.4 Å². The summed E-state index contributed by atoms with van der Waals surface area (Å²) in [6.07, 6.45) is 0.745. The van der Waals surface area contributed by atoms with Crippen molar-refractivity contribution in [2.45, 2.75) is 19.6 Å². The quantitative estimate of drug-likeness (QED) is 0.926. The van der Waals surface area contributed by atoms with Crippen molar-refractivity contribution in [3.05, 3.63) is 46.8 Å². The molecule has 0 saturated heterocycles. The molecule has 0 unspecified atom stereocenters. The largest absolute Gasteiger partial charge is 0.487 e. The number of ether oxygens (including phenoxy) is 2. The summed E-state index contributed by atoms with van der Waals surface area (Å²) in [5.74, 6) is 1.34. The van der Waals surface area contributed by atoms with Gasteiger partial charge in [-0.15, -0.1) is 0 Å². The lowest BCUT2D eigenvalue weighted by molar-refractivity contribution is 0.0962. The van der Waals surface area contributed by atoms with Crippen LogP contribution in [0.25, 0.3) is 0 Å². The molecule has 110 valence electrons. The maximum atomic E-state index is 11.6. The number of nitrogens with zero attached hydrogens (tertiary/aromatic N) is 1. The summed E-state index contributed by atoms with van der Waals surface area (Å²) >= 11 is 0. The summed E-state index contributed by atoms with van der Waals surface area (Å²) in [5.41, 5.74) is 2.28. The Labute approximate surface area is 122 Å². The van der Waals surface area contributed by atoms with E-state index in [2.05, 4.69) is 10.5 Å². The van der Waals surface area contributed by atoms with E-state index in [0.717, 1.165) is 23.4 Å². The molecule has 1 amide bonds. The van der Waals surface area contributed by atoms with Crippen LogP contribution in [0.15, 0.2) is 28.8 Å². The van der Waals surface area contributed by atoms with Crippen molar-refractivity contribution in [1.29, 1.82) is 0 Å². The highest BCUT2D eigenvalue weighted by Gasteiger charge is 2.20. The number of nitrogens with one attached hydrogen (secondary N) is 1.